The lowest BCUT2D eigenvalue weighted by Gasteiger charge is -1.98. The second kappa shape index (κ2) is 4.09. The van der Waals surface area contributed by atoms with E-state index in [0.717, 1.165) is 11.3 Å². The maximum Gasteiger partial charge on any atom is 0.204 e. The van der Waals surface area contributed by atoms with E-state index >= 15 is 0 Å². The van der Waals surface area contributed by atoms with E-state index in [0.29, 0.717) is 5.76 Å². The predicted molar refractivity (Wildman–Crippen MR) is 55.7 cm³/mol. The molecule has 0 N–H and O–H groups in total. The lowest BCUT2D eigenvalue weighted by atomic mass is 10.1. The Hall–Kier alpha value is -1.90. The molecule has 0 saturated heterocycles. The van der Waals surface area contributed by atoms with Crippen molar-refractivity contribution in [3.63, 3.8) is 0 Å². The van der Waals surface area contributed by atoms with Crippen LogP contribution >= 0.6 is 0 Å². The predicted octanol–water partition coefficient (Wildman–Crippen LogP) is 2.41. The van der Waals surface area contributed by atoms with Crippen molar-refractivity contribution in [2.75, 3.05) is 0 Å². The molecular formula is C12H11NO2. The first-order valence-electron chi connectivity index (χ1n) is 4.74. The lowest BCUT2D eigenvalue weighted by Crippen LogP contribution is -2.04. The van der Waals surface area contributed by atoms with E-state index in [-0.39, 0.29) is 12.2 Å². The lowest BCUT2D eigenvalue weighted by molar-refractivity contribution is 0.0964. The largest absolute Gasteiger partial charge is 0.461 e. The highest BCUT2D eigenvalue weighted by Crippen LogP contribution is 2.11. The Morgan fingerprint density at radius 3 is 2.87 bits per heavy atom. The molecule has 15 heavy (non-hydrogen) atoms. The van der Waals surface area contributed by atoms with Crippen LogP contribution in [0.25, 0.3) is 0 Å². The van der Waals surface area contributed by atoms with Gasteiger partial charge in [0.15, 0.2) is 5.76 Å². The molecule has 2 heterocycles. The number of rotatable bonds is 3. The SMILES string of the molecule is Cc1ccoc1C(=O)Cc1ccccn1. The highest BCUT2D eigenvalue weighted by Gasteiger charge is 2.13. The van der Waals surface area contributed by atoms with Crippen molar-refractivity contribution < 1.29 is 9.21 Å². The number of pyridine rings is 1. The monoisotopic (exact) mass is 201 g/mol. The minimum Gasteiger partial charge on any atom is -0.461 e. The first-order valence-corrected chi connectivity index (χ1v) is 4.74. The molecule has 0 amide bonds. The molecule has 0 spiro atoms. The number of hydrogen-bond acceptors (Lipinski definition) is 3. The first kappa shape index (κ1) is 9.65. The zero-order chi connectivity index (χ0) is 10.7. The van der Waals surface area contributed by atoms with Gasteiger partial charge >= 0.3 is 0 Å². The van der Waals surface area contributed by atoms with Gasteiger partial charge in [-0.05, 0) is 30.7 Å². The fourth-order valence-corrected chi connectivity index (χ4v) is 1.41. The van der Waals surface area contributed by atoms with Crippen LogP contribution < -0.4 is 0 Å². The van der Waals surface area contributed by atoms with Crippen LogP contribution in [0, 0.1) is 6.92 Å². The van der Waals surface area contributed by atoms with Gasteiger partial charge in [-0.25, -0.2) is 0 Å². The van der Waals surface area contributed by atoms with E-state index in [4.69, 9.17) is 4.42 Å². The van der Waals surface area contributed by atoms with Crippen LogP contribution in [0.5, 0.6) is 0 Å². The van der Waals surface area contributed by atoms with Gasteiger partial charge < -0.3 is 4.42 Å². The van der Waals surface area contributed by atoms with Gasteiger partial charge in [0.05, 0.1) is 12.7 Å². The fourth-order valence-electron chi connectivity index (χ4n) is 1.41. The summed E-state index contributed by atoms with van der Waals surface area (Å²) in [5, 5.41) is 0. The number of nitrogens with zero attached hydrogens (tertiary/aromatic N) is 1. The summed E-state index contributed by atoms with van der Waals surface area (Å²) in [5.74, 6) is 0.400. The zero-order valence-electron chi connectivity index (χ0n) is 8.43. The van der Waals surface area contributed by atoms with E-state index in [9.17, 15) is 4.79 Å². The van der Waals surface area contributed by atoms with Crippen molar-refractivity contribution in [1.29, 1.82) is 0 Å². The number of aryl methyl sites for hydroxylation is 1. The number of furan rings is 1. The van der Waals surface area contributed by atoms with E-state index in [1.807, 2.05) is 25.1 Å². The van der Waals surface area contributed by atoms with Gasteiger partial charge in [-0.3, -0.25) is 9.78 Å². The van der Waals surface area contributed by atoms with E-state index in [1.54, 1.807) is 12.3 Å². The molecule has 0 atom stereocenters. The zero-order valence-corrected chi connectivity index (χ0v) is 8.43. The Morgan fingerprint density at radius 1 is 1.40 bits per heavy atom. The van der Waals surface area contributed by atoms with Crippen molar-refractivity contribution in [3.8, 4) is 0 Å². The molecule has 0 unspecified atom stereocenters. The Labute approximate surface area is 87.8 Å². The summed E-state index contributed by atoms with van der Waals surface area (Å²) in [6, 6.07) is 7.30. The van der Waals surface area contributed by atoms with E-state index in [1.165, 1.54) is 6.26 Å². The molecule has 0 aromatic carbocycles. The fraction of sp³-hybridized carbons (Fsp3) is 0.167. The molecule has 0 bridgehead atoms. The average molecular weight is 201 g/mol. The van der Waals surface area contributed by atoms with Crippen molar-refractivity contribution in [2.45, 2.75) is 13.3 Å². The molecule has 3 nitrogen and oxygen atoms in total. The second-order valence-electron chi connectivity index (χ2n) is 3.35. The quantitative estimate of drug-likeness (QED) is 0.716. The molecule has 76 valence electrons. The van der Waals surface area contributed by atoms with E-state index < -0.39 is 0 Å². The van der Waals surface area contributed by atoms with Crippen molar-refractivity contribution >= 4 is 5.78 Å². The summed E-state index contributed by atoms with van der Waals surface area (Å²) in [5.41, 5.74) is 1.63. The molecule has 2 aromatic rings. The second-order valence-corrected chi connectivity index (χ2v) is 3.35. The summed E-state index contributed by atoms with van der Waals surface area (Å²) in [7, 11) is 0. The number of Topliss-reactive ketones (excluding diaryl/α,β-unsaturated/α-hetero) is 1. The average Bonchev–Trinajstić information content (AvgIpc) is 2.66. The maximum atomic E-state index is 11.8. The summed E-state index contributed by atoms with van der Waals surface area (Å²) in [4.78, 5) is 15.9. The molecule has 2 rings (SSSR count). The highest BCUT2D eigenvalue weighted by atomic mass is 16.3. The van der Waals surface area contributed by atoms with Gasteiger partial charge in [0.2, 0.25) is 5.78 Å². The minimum absolute atomic E-state index is 0.0313. The van der Waals surface area contributed by atoms with E-state index in [2.05, 4.69) is 4.98 Å². The van der Waals surface area contributed by atoms with Gasteiger partial charge in [0, 0.05) is 11.9 Å². The summed E-state index contributed by atoms with van der Waals surface area (Å²) < 4.78 is 5.12. The third-order valence-electron chi connectivity index (χ3n) is 2.18. The molecule has 3 heteroatoms. The Bertz CT molecular complexity index is 459. The third kappa shape index (κ3) is 2.13. The van der Waals surface area contributed by atoms with Crippen molar-refractivity contribution in [3.05, 3.63) is 53.7 Å². The Balaban J connectivity index is 2.15. The van der Waals surface area contributed by atoms with Crippen molar-refractivity contribution in [1.82, 2.24) is 4.98 Å². The van der Waals surface area contributed by atoms with Crippen LogP contribution in [0.15, 0.2) is 41.1 Å². The molecule has 0 aliphatic carbocycles. The van der Waals surface area contributed by atoms with Crippen LogP contribution in [-0.4, -0.2) is 10.8 Å². The number of carbonyl (C=O) groups excluding carboxylic acids is 1. The van der Waals surface area contributed by atoms with Gasteiger partial charge in [-0.1, -0.05) is 6.07 Å². The third-order valence-corrected chi connectivity index (χ3v) is 2.18. The van der Waals surface area contributed by atoms with Crippen molar-refractivity contribution in [2.24, 2.45) is 0 Å². The Kier molecular flexibility index (Phi) is 2.63. The molecule has 0 radical (unpaired) electrons. The maximum absolute atomic E-state index is 11.8. The summed E-state index contributed by atoms with van der Waals surface area (Å²) in [6.07, 6.45) is 3.49. The van der Waals surface area contributed by atoms with Crippen LogP contribution in [0.3, 0.4) is 0 Å². The molecule has 2 aromatic heterocycles. The highest BCUT2D eigenvalue weighted by molar-refractivity contribution is 5.95. The summed E-state index contributed by atoms with van der Waals surface area (Å²) in [6.45, 7) is 1.86. The van der Waals surface area contributed by atoms with Crippen LogP contribution in [0.4, 0.5) is 0 Å². The molecule has 0 saturated carbocycles. The number of hydrogen-bond donors (Lipinski definition) is 0. The standard InChI is InChI=1S/C12H11NO2/c1-9-5-7-15-12(9)11(14)8-10-4-2-3-6-13-10/h2-7H,8H2,1H3. The van der Waals surface area contributed by atoms with Crippen LogP contribution in [0.2, 0.25) is 0 Å². The summed E-state index contributed by atoms with van der Waals surface area (Å²) >= 11 is 0. The van der Waals surface area contributed by atoms with Crippen LogP contribution in [-0.2, 0) is 6.42 Å². The smallest absolute Gasteiger partial charge is 0.204 e. The number of aromatic nitrogens is 1. The number of carbonyl (C=O) groups is 1. The normalized spacial score (nSPS) is 10.2. The van der Waals surface area contributed by atoms with Gasteiger partial charge in [-0.15, -0.1) is 0 Å². The van der Waals surface area contributed by atoms with Gasteiger partial charge in [-0.2, -0.15) is 0 Å². The topological polar surface area (TPSA) is 43.1 Å². The van der Waals surface area contributed by atoms with Gasteiger partial charge in [0.1, 0.15) is 0 Å². The molecule has 0 fully saturated rings. The van der Waals surface area contributed by atoms with Crippen LogP contribution in [0.1, 0.15) is 21.8 Å². The van der Waals surface area contributed by atoms with Gasteiger partial charge in [0.25, 0.3) is 0 Å². The minimum atomic E-state index is -0.0313. The Morgan fingerprint density at radius 2 is 2.27 bits per heavy atom. The number of ketones is 1. The first-order chi connectivity index (χ1) is 7.27. The molecule has 0 aliphatic heterocycles. The molecule has 0 aliphatic rings. The molecular weight excluding hydrogens is 190 g/mol.